The molecule has 8 heteroatoms. The Hall–Kier alpha value is -1.51. The number of piperazine rings is 1. The molecule has 1 aliphatic rings. The highest BCUT2D eigenvalue weighted by Gasteiger charge is 2.23. The van der Waals surface area contributed by atoms with E-state index in [-0.39, 0.29) is 5.84 Å². The van der Waals surface area contributed by atoms with Gasteiger partial charge in [-0.1, -0.05) is 0 Å². The molecule has 0 amide bonds. The summed E-state index contributed by atoms with van der Waals surface area (Å²) in [5.74, 6) is -0.592. The number of nitrogen functional groups attached to an aromatic ring is 1. The highest BCUT2D eigenvalue weighted by atomic mass is 32.2. The Bertz CT molecular complexity index is 640. The van der Waals surface area contributed by atoms with Crippen molar-refractivity contribution in [2.24, 2.45) is 5.73 Å². The molecule has 21 heavy (non-hydrogen) atoms. The van der Waals surface area contributed by atoms with E-state index in [4.69, 9.17) is 11.1 Å². The van der Waals surface area contributed by atoms with Crippen LogP contribution in [0.15, 0.2) is 18.2 Å². The van der Waals surface area contributed by atoms with Gasteiger partial charge >= 0.3 is 0 Å². The molecule has 0 bridgehead atoms. The fourth-order valence-corrected chi connectivity index (χ4v) is 3.20. The predicted octanol–water partition coefficient (Wildman–Crippen LogP) is 0.187. The molecule has 0 radical (unpaired) electrons. The summed E-state index contributed by atoms with van der Waals surface area (Å²) in [6.07, 6.45) is 1.20. The lowest BCUT2D eigenvalue weighted by atomic mass is 10.1. The Morgan fingerprint density at radius 2 is 1.90 bits per heavy atom. The van der Waals surface area contributed by atoms with E-state index in [9.17, 15) is 12.8 Å². The molecule has 116 valence electrons. The molecule has 1 aromatic carbocycles. The minimum absolute atomic E-state index is 0.169. The summed E-state index contributed by atoms with van der Waals surface area (Å²) in [4.78, 5) is 2.06. The van der Waals surface area contributed by atoms with Gasteiger partial charge in [0.1, 0.15) is 11.7 Å². The lowest BCUT2D eigenvalue weighted by Crippen LogP contribution is -2.47. The van der Waals surface area contributed by atoms with Crippen LogP contribution in [0, 0.1) is 11.2 Å². The van der Waals surface area contributed by atoms with Gasteiger partial charge in [0.15, 0.2) is 0 Å². The highest BCUT2D eigenvalue weighted by molar-refractivity contribution is 7.88. The number of benzene rings is 1. The number of amidine groups is 1. The fraction of sp³-hybridized carbons (Fsp3) is 0.462. The number of sulfonamides is 1. The second-order valence-electron chi connectivity index (χ2n) is 5.20. The van der Waals surface area contributed by atoms with E-state index in [0.29, 0.717) is 38.3 Å². The predicted molar refractivity (Wildman–Crippen MR) is 79.1 cm³/mol. The largest absolute Gasteiger partial charge is 0.384 e. The summed E-state index contributed by atoms with van der Waals surface area (Å²) in [6, 6.07) is 4.33. The van der Waals surface area contributed by atoms with Crippen LogP contribution >= 0.6 is 0 Å². The molecule has 0 saturated carbocycles. The summed E-state index contributed by atoms with van der Waals surface area (Å²) < 4.78 is 37.8. The monoisotopic (exact) mass is 314 g/mol. The molecule has 0 aliphatic carbocycles. The number of hydrogen-bond donors (Lipinski definition) is 2. The SMILES string of the molecule is CS(=O)(=O)N1CCN(Cc2cc(F)cc(C(=N)N)c2)CC1. The van der Waals surface area contributed by atoms with E-state index in [1.165, 1.54) is 22.7 Å². The van der Waals surface area contributed by atoms with Crippen LogP contribution in [0.2, 0.25) is 0 Å². The van der Waals surface area contributed by atoms with Crippen LogP contribution in [-0.4, -0.2) is 55.9 Å². The first kappa shape index (κ1) is 15.9. The van der Waals surface area contributed by atoms with E-state index in [1.54, 1.807) is 6.07 Å². The lowest BCUT2D eigenvalue weighted by molar-refractivity contribution is 0.182. The van der Waals surface area contributed by atoms with Gasteiger partial charge < -0.3 is 5.73 Å². The first-order chi connectivity index (χ1) is 9.75. The number of rotatable bonds is 4. The van der Waals surface area contributed by atoms with Crippen molar-refractivity contribution in [2.45, 2.75) is 6.54 Å². The number of hydrogen-bond acceptors (Lipinski definition) is 4. The third kappa shape index (κ3) is 4.23. The third-order valence-corrected chi connectivity index (χ3v) is 4.78. The fourth-order valence-electron chi connectivity index (χ4n) is 2.37. The summed E-state index contributed by atoms with van der Waals surface area (Å²) in [6.45, 7) is 2.58. The summed E-state index contributed by atoms with van der Waals surface area (Å²) in [7, 11) is -3.14. The van der Waals surface area contributed by atoms with Gasteiger partial charge in [-0.3, -0.25) is 10.3 Å². The maximum atomic E-state index is 13.5. The molecular weight excluding hydrogens is 295 g/mol. The second-order valence-corrected chi connectivity index (χ2v) is 7.18. The highest BCUT2D eigenvalue weighted by Crippen LogP contribution is 2.14. The van der Waals surface area contributed by atoms with Crippen LogP contribution < -0.4 is 5.73 Å². The Kier molecular flexibility index (Phi) is 4.60. The number of nitrogens with one attached hydrogen (secondary N) is 1. The average molecular weight is 314 g/mol. The van der Waals surface area contributed by atoms with Gasteiger partial charge in [0.25, 0.3) is 0 Å². The van der Waals surface area contributed by atoms with Crippen molar-refractivity contribution in [3.63, 3.8) is 0 Å². The summed E-state index contributed by atoms with van der Waals surface area (Å²) >= 11 is 0. The maximum Gasteiger partial charge on any atom is 0.211 e. The molecular formula is C13H19FN4O2S. The molecule has 2 rings (SSSR count). The molecule has 3 N–H and O–H groups in total. The Morgan fingerprint density at radius 1 is 1.29 bits per heavy atom. The zero-order chi connectivity index (χ0) is 15.6. The van der Waals surface area contributed by atoms with Gasteiger partial charge in [-0.15, -0.1) is 0 Å². The molecule has 1 fully saturated rings. The zero-order valence-electron chi connectivity index (χ0n) is 11.8. The van der Waals surface area contributed by atoms with Crippen LogP contribution in [0.3, 0.4) is 0 Å². The molecule has 6 nitrogen and oxygen atoms in total. The Morgan fingerprint density at radius 3 is 2.43 bits per heavy atom. The minimum Gasteiger partial charge on any atom is -0.384 e. The first-order valence-corrected chi connectivity index (χ1v) is 8.42. The second kappa shape index (κ2) is 6.08. The quantitative estimate of drug-likeness (QED) is 0.613. The van der Waals surface area contributed by atoms with E-state index in [0.717, 1.165) is 5.56 Å². The van der Waals surface area contributed by atoms with Gasteiger partial charge in [0, 0.05) is 38.3 Å². The van der Waals surface area contributed by atoms with Crippen LogP contribution in [0.4, 0.5) is 4.39 Å². The van der Waals surface area contributed by atoms with Crippen molar-refractivity contribution in [3.05, 3.63) is 35.1 Å². The molecule has 0 aromatic heterocycles. The normalized spacial score (nSPS) is 17.8. The van der Waals surface area contributed by atoms with Gasteiger partial charge in [-0.25, -0.2) is 12.8 Å². The van der Waals surface area contributed by atoms with Crippen molar-refractivity contribution >= 4 is 15.9 Å². The van der Waals surface area contributed by atoms with Crippen LogP contribution in [0.25, 0.3) is 0 Å². The molecule has 1 aromatic rings. The maximum absolute atomic E-state index is 13.5. The number of nitrogens with zero attached hydrogens (tertiary/aromatic N) is 2. The van der Waals surface area contributed by atoms with Gasteiger partial charge in [-0.2, -0.15) is 4.31 Å². The standard InChI is InChI=1S/C13H19FN4O2S/c1-21(19,20)18-4-2-17(3-5-18)9-10-6-11(13(15)16)8-12(14)7-10/h6-8H,2-5,9H2,1H3,(H3,15,16). The Balaban J connectivity index is 2.02. The van der Waals surface area contributed by atoms with E-state index >= 15 is 0 Å². The topological polar surface area (TPSA) is 90.5 Å². The molecule has 0 unspecified atom stereocenters. The van der Waals surface area contributed by atoms with Crippen LogP contribution in [-0.2, 0) is 16.6 Å². The minimum atomic E-state index is -3.14. The summed E-state index contributed by atoms with van der Waals surface area (Å²) in [5, 5.41) is 7.37. The first-order valence-electron chi connectivity index (χ1n) is 6.57. The van der Waals surface area contributed by atoms with Gasteiger partial charge in [0.05, 0.1) is 6.26 Å². The third-order valence-electron chi connectivity index (χ3n) is 3.48. The number of halogens is 1. The van der Waals surface area contributed by atoms with Crippen LogP contribution in [0.1, 0.15) is 11.1 Å². The zero-order valence-corrected chi connectivity index (χ0v) is 12.7. The molecule has 0 atom stereocenters. The molecule has 0 spiro atoms. The molecule has 1 aliphatic heterocycles. The van der Waals surface area contributed by atoms with Gasteiger partial charge in [-0.05, 0) is 23.8 Å². The lowest BCUT2D eigenvalue weighted by Gasteiger charge is -2.33. The summed E-state index contributed by atoms with van der Waals surface area (Å²) in [5.41, 5.74) is 6.47. The molecule has 1 heterocycles. The van der Waals surface area contributed by atoms with Crippen molar-refractivity contribution in [1.82, 2.24) is 9.21 Å². The average Bonchev–Trinajstić information content (AvgIpc) is 2.37. The molecule has 1 saturated heterocycles. The smallest absolute Gasteiger partial charge is 0.211 e. The van der Waals surface area contributed by atoms with Crippen molar-refractivity contribution < 1.29 is 12.8 Å². The number of nitrogens with two attached hydrogens (primary N) is 1. The van der Waals surface area contributed by atoms with Crippen LogP contribution in [0.5, 0.6) is 0 Å². The van der Waals surface area contributed by atoms with E-state index in [1.807, 2.05) is 0 Å². The van der Waals surface area contributed by atoms with Crippen molar-refractivity contribution in [1.29, 1.82) is 5.41 Å². The van der Waals surface area contributed by atoms with Crippen molar-refractivity contribution in [2.75, 3.05) is 32.4 Å². The van der Waals surface area contributed by atoms with Gasteiger partial charge in [0.2, 0.25) is 10.0 Å². The van der Waals surface area contributed by atoms with E-state index < -0.39 is 15.8 Å². The Labute approximate surface area is 123 Å². The van der Waals surface area contributed by atoms with E-state index in [2.05, 4.69) is 4.90 Å². The van der Waals surface area contributed by atoms with Crippen molar-refractivity contribution in [3.8, 4) is 0 Å².